The van der Waals surface area contributed by atoms with Gasteiger partial charge in [0.15, 0.2) is 0 Å². The third-order valence-corrected chi connectivity index (χ3v) is 8.25. The number of carbonyl (C=O) groups excluding carboxylic acids is 1. The second-order valence-electron chi connectivity index (χ2n) is 9.03. The van der Waals surface area contributed by atoms with Crippen LogP contribution in [0.25, 0.3) is 0 Å². The Kier molecular flexibility index (Phi) is 8.80. The number of rotatable bonds is 6. The molecule has 2 bridgehead atoms. The van der Waals surface area contributed by atoms with Crippen molar-refractivity contribution in [2.75, 3.05) is 26.7 Å². The lowest BCUT2D eigenvalue weighted by Crippen LogP contribution is -2.47. The molecule has 188 valence electrons. The van der Waals surface area contributed by atoms with Crippen molar-refractivity contribution in [1.29, 1.82) is 0 Å². The quantitative estimate of drug-likeness (QED) is 0.647. The van der Waals surface area contributed by atoms with Crippen molar-refractivity contribution < 1.29 is 23.1 Å². The highest BCUT2D eigenvalue weighted by atomic mass is 32.2. The highest BCUT2D eigenvalue weighted by Gasteiger charge is 2.31. The lowest BCUT2D eigenvalue weighted by atomic mass is 10.0. The third kappa shape index (κ3) is 6.21. The van der Waals surface area contributed by atoms with Crippen molar-refractivity contribution in [3.63, 3.8) is 0 Å². The first-order chi connectivity index (χ1) is 16.1. The first-order valence-electron chi connectivity index (χ1n) is 11.6. The number of hydrogen-bond donors (Lipinski definition) is 1. The number of hydrogen-bond acceptors (Lipinski definition) is 7. The molecule has 1 amide bonds. The Hall–Kier alpha value is -2.34. The molecular formula is C23H35N5O5S. The summed E-state index contributed by atoms with van der Waals surface area (Å²) in [6.45, 7) is 6.51. The fourth-order valence-electron chi connectivity index (χ4n) is 4.06. The van der Waals surface area contributed by atoms with E-state index in [0.717, 1.165) is 0 Å². The first kappa shape index (κ1) is 26.3. The number of benzene rings is 1. The molecule has 34 heavy (non-hydrogen) atoms. The van der Waals surface area contributed by atoms with Gasteiger partial charge in [-0.3, -0.25) is 9.48 Å². The number of likely N-dealkylation sites (N-methyl/N-ethyl adjacent to an activating group) is 1. The molecule has 0 saturated carbocycles. The van der Waals surface area contributed by atoms with E-state index in [1.54, 1.807) is 53.9 Å². The van der Waals surface area contributed by atoms with E-state index >= 15 is 0 Å². The van der Waals surface area contributed by atoms with Crippen LogP contribution < -0.4 is 0 Å². The van der Waals surface area contributed by atoms with Crippen LogP contribution in [0.4, 0.5) is 0 Å². The molecule has 3 atom stereocenters. The summed E-state index contributed by atoms with van der Waals surface area (Å²) in [4.78, 5) is 14.9. The van der Waals surface area contributed by atoms with E-state index in [1.807, 2.05) is 6.92 Å². The van der Waals surface area contributed by atoms with Crippen molar-refractivity contribution >= 4 is 15.9 Å². The first-order valence-corrected chi connectivity index (χ1v) is 13.0. The predicted octanol–water partition coefficient (Wildman–Crippen LogP) is 1.43. The van der Waals surface area contributed by atoms with Crippen molar-refractivity contribution in [1.82, 2.24) is 24.2 Å². The zero-order valence-corrected chi connectivity index (χ0v) is 21.1. The van der Waals surface area contributed by atoms with Gasteiger partial charge in [0.05, 0.1) is 36.5 Å². The summed E-state index contributed by atoms with van der Waals surface area (Å²) in [5.41, 5.74) is 1.32. The van der Waals surface area contributed by atoms with Crippen molar-refractivity contribution in [2.45, 2.75) is 63.8 Å². The highest BCUT2D eigenvalue weighted by molar-refractivity contribution is 7.89. The fourth-order valence-corrected chi connectivity index (χ4v) is 5.46. The number of amides is 1. The van der Waals surface area contributed by atoms with Crippen LogP contribution >= 0.6 is 0 Å². The van der Waals surface area contributed by atoms with Crippen molar-refractivity contribution in [3.8, 4) is 0 Å². The molecule has 1 aromatic carbocycles. The van der Waals surface area contributed by atoms with Gasteiger partial charge in [0, 0.05) is 39.0 Å². The second kappa shape index (κ2) is 11.4. The number of nitrogens with zero attached hydrogens (tertiary/aromatic N) is 5. The van der Waals surface area contributed by atoms with E-state index in [0.29, 0.717) is 37.2 Å². The molecule has 11 heteroatoms. The summed E-state index contributed by atoms with van der Waals surface area (Å²) >= 11 is 0. The maximum absolute atomic E-state index is 13.3. The Balaban J connectivity index is 1.87. The smallest absolute Gasteiger partial charge is 0.243 e. The summed E-state index contributed by atoms with van der Waals surface area (Å²) < 4.78 is 35.7. The third-order valence-electron chi connectivity index (χ3n) is 6.26. The Morgan fingerprint density at radius 1 is 1.32 bits per heavy atom. The van der Waals surface area contributed by atoms with Crippen molar-refractivity contribution in [3.05, 3.63) is 41.7 Å². The van der Waals surface area contributed by atoms with Gasteiger partial charge < -0.3 is 14.7 Å². The Morgan fingerprint density at radius 2 is 2.06 bits per heavy atom. The number of aliphatic hydroxyl groups is 1. The second-order valence-corrected chi connectivity index (χ2v) is 11.0. The average molecular weight is 494 g/mol. The van der Waals surface area contributed by atoms with Gasteiger partial charge in [-0.05, 0) is 31.9 Å². The maximum Gasteiger partial charge on any atom is 0.243 e. The van der Waals surface area contributed by atoms with Gasteiger partial charge >= 0.3 is 0 Å². The zero-order chi connectivity index (χ0) is 24.9. The minimum atomic E-state index is -3.74. The number of carbonyl (C=O) groups is 1. The maximum atomic E-state index is 13.3. The van der Waals surface area contributed by atoms with Gasteiger partial charge in [0.1, 0.15) is 5.69 Å². The van der Waals surface area contributed by atoms with Crippen LogP contribution in [0, 0.1) is 12.8 Å². The van der Waals surface area contributed by atoms with Crippen LogP contribution in [0.2, 0.25) is 0 Å². The summed E-state index contributed by atoms with van der Waals surface area (Å²) in [6.07, 6.45) is 2.19. The van der Waals surface area contributed by atoms with E-state index in [9.17, 15) is 18.3 Å². The fraction of sp³-hybridized carbons (Fsp3) is 0.609. The van der Waals surface area contributed by atoms with Crippen LogP contribution in [0.5, 0.6) is 0 Å². The molecule has 1 aliphatic heterocycles. The Bertz CT molecular complexity index is 1070. The van der Waals surface area contributed by atoms with Crippen LogP contribution in [-0.4, -0.2) is 82.5 Å². The van der Waals surface area contributed by atoms with E-state index in [2.05, 4.69) is 10.3 Å². The molecule has 2 aromatic rings. The summed E-state index contributed by atoms with van der Waals surface area (Å²) in [6, 6.07) is 6.51. The van der Waals surface area contributed by atoms with Gasteiger partial charge in [-0.1, -0.05) is 30.3 Å². The molecule has 2 heterocycles. The van der Waals surface area contributed by atoms with Crippen molar-refractivity contribution in [2.24, 2.45) is 5.92 Å². The van der Waals surface area contributed by atoms with Crippen LogP contribution in [0.15, 0.2) is 35.4 Å². The lowest BCUT2D eigenvalue weighted by Gasteiger charge is -2.35. The van der Waals surface area contributed by atoms with Crippen LogP contribution in [-0.2, 0) is 32.7 Å². The van der Waals surface area contributed by atoms with E-state index in [4.69, 9.17) is 4.74 Å². The SMILES string of the molecule is Cc1ccccc1S(=O)(=O)N(C)C[C@H]1OCc2cn(nn2)CCCC(=O)N([C@H](C)CO)C[C@@H]1C. The lowest BCUT2D eigenvalue weighted by molar-refractivity contribution is -0.136. The molecule has 1 aromatic heterocycles. The highest BCUT2D eigenvalue weighted by Crippen LogP contribution is 2.22. The topological polar surface area (TPSA) is 118 Å². The standard InChI is InChI=1S/C23H35N5O5S/c1-17-8-5-6-9-22(17)34(31,32)26(4)14-21-18(2)12-28(19(3)15-29)23(30)10-7-11-27-13-20(16-33-21)24-25-27/h5-6,8-9,13,18-19,21,29H,7,10-12,14-16H2,1-4H3/t18-,19+,21+/m0/s1. The summed E-state index contributed by atoms with van der Waals surface area (Å²) in [7, 11) is -2.20. The van der Waals surface area contributed by atoms with E-state index in [1.165, 1.54) is 11.4 Å². The Labute approximate surface area is 201 Å². The monoisotopic (exact) mass is 493 g/mol. The molecule has 0 unspecified atom stereocenters. The number of sulfonamides is 1. The molecule has 0 radical (unpaired) electrons. The number of ether oxygens (including phenoxy) is 1. The normalized spacial score (nSPS) is 21.6. The number of aryl methyl sites for hydroxylation is 2. The summed E-state index contributed by atoms with van der Waals surface area (Å²) in [5, 5.41) is 17.9. The summed E-state index contributed by atoms with van der Waals surface area (Å²) in [5.74, 6) is -0.268. The molecule has 1 aliphatic rings. The molecule has 10 nitrogen and oxygen atoms in total. The Morgan fingerprint density at radius 3 is 2.76 bits per heavy atom. The molecule has 1 N–H and O–H groups in total. The average Bonchev–Trinajstić information content (AvgIpc) is 3.26. The van der Waals surface area contributed by atoms with Gasteiger partial charge in [0.2, 0.25) is 15.9 Å². The van der Waals surface area contributed by atoms with Gasteiger partial charge in [-0.2, -0.15) is 4.31 Å². The predicted molar refractivity (Wildman–Crippen MR) is 126 cm³/mol. The van der Waals surface area contributed by atoms with E-state index in [-0.39, 0.29) is 42.5 Å². The number of aromatic nitrogens is 3. The molecular weight excluding hydrogens is 458 g/mol. The van der Waals surface area contributed by atoms with Gasteiger partial charge in [-0.25, -0.2) is 8.42 Å². The minimum Gasteiger partial charge on any atom is -0.394 e. The molecule has 3 rings (SSSR count). The minimum absolute atomic E-state index is 0.0624. The molecule has 0 aliphatic carbocycles. The van der Waals surface area contributed by atoms with Gasteiger partial charge in [-0.15, -0.1) is 5.10 Å². The van der Waals surface area contributed by atoms with Gasteiger partial charge in [0.25, 0.3) is 0 Å². The zero-order valence-electron chi connectivity index (χ0n) is 20.3. The molecule has 0 fully saturated rings. The largest absolute Gasteiger partial charge is 0.394 e. The van der Waals surface area contributed by atoms with E-state index < -0.39 is 16.1 Å². The van der Waals surface area contributed by atoms with Crippen LogP contribution in [0.3, 0.4) is 0 Å². The number of aliphatic hydroxyl groups excluding tert-OH is 1. The number of fused-ring (bicyclic) bond motifs is 2. The molecule has 0 saturated heterocycles. The van der Waals surface area contributed by atoms with Crippen LogP contribution in [0.1, 0.15) is 37.9 Å². The molecule has 0 spiro atoms.